The van der Waals surface area contributed by atoms with Gasteiger partial charge in [0.1, 0.15) is 0 Å². The molecule has 1 unspecified atom stereocenters. The van der Waals surface area contributed by atoms with Crippen molar-refractivity contribution in [1.82, 2.24) is 14.1 Å². The Kier molecular flexibility index (Phi) is 5.18. The summed E-state index contributed by atoms with van der Waals surface area (Å²) < 4.78 is 7.94. The number of nitrogens with zero attached hydrogens (tertiary/aromatic N) is 3. The smallest absolute Gasteiger partial charge is 0.0624 e. The molecule has 3 heterocycles. The van der Waals surface area contributed by atoms with Crippen LogP contribution in [0, 0.1) is 0 Å². The number of piperidine rings is 1. The molecule has 0 saturated carbocycles. The molecule has 4 nitrogen and oxygen atoms in total. The normalized spacial score (nSPS) is 31.1. The van der Waals surface area contributed by atoms with Crippen LogP contribution in [0.3, 0.4) is 0 Å². The molecule has 0 aromatic rings. The summed E-state index contributed by atoms with van der Waals surface area (Å²) in [6, 6.07) is 0. The minimum Gasteiger partial charge on any atom is -0.379 e. The number of rotatable bonds is 4. The van der Waals surface area contributed by atoms with Gasteiger partial charge >= 0.3 is 0 Å². The molecule has 0 aromatic heterocycles. The lowest BCUT2D eigenvalue weighted by Gasteiger charge is -2.44. The quantitative estimate of drug-likeness (QED) is 0.728. The predicted octanol–water partition coefficient (Wildman–Crippen LogP) is 1.61. The second-order valence-corrected chi connectivity index (χ2v) is 6.53. The summed E-state index contributed by atoms with van der Waals surface area (Å²) >= 11 is 1.86. The van der Waals surface area contributed by atoms with Gasteiger partial charge in [0.05, 0.1) is 19.4 Å². The van der Waals surface area contributed by atoms with E-state index in [1.807, 2.05) is 11.9 Å². The van der Waals surface area contributed by atoms with Gasteiger partial charge in [-0.3, -0.25) is 9.80 Å². The van der Waals surface area contributed by atoms with E-state index in [1.54, 1.807) is 0 Å². The summed E-state index contributed by atoms with van der Waals surface area (Å²) in [5.41, 5.74) is 0. The molecule has 0 spiro atoms. The van der Waals surface area contributed by atoms with Gasteiger partial charge < -0.3 is 4.74 Å². The Morgan fingerprint density at radius 3 is 2.79 bits per heavy atom. The number of ether oxygens (including phenoxy) is 1. The van der Waals surface area contributed by atoms with Crippen molar-refractivity contribution in [3.05, 3.63) is 11.5 Å². The number of morpholine rings is 1. The summed E-state index contributed by atoms with van der Waals surface area (Å²) in [7, 11) is 0. The summed E-state index contributed by atoms with van der Waals surface area (Å²) in [6.07, 6.45) is 7.01. The predicted molar refractivity (Wildman–Crippen MR) is 79.9 cm³/mol. The zero-order valence-electron chi connectivity index (χ0n) is 11.7. The molecule has 0 amide bonds. The molecule has 2 fully saturated rings. The standard InChI is InChI=1S/C14H25N3OS/c1-2-5-15(7-8-17-6-3-13-19-17)14(4-1)16-9-11-18-12-10-16/h3,13-14H,1-2,4-12H2. The average Bonchev–Trinajstić information content (AvgIpc) is 3.00. The maximum Gasteiger partial charge on any atom is 0.0624 e. The highest BCUT2D eigenvalue weighted by Gasteiger charge is 2.29. The SMILES string of the molecule is C1=CSN(CCN2CCCCC2N2CCOCC2)C1. The Balaban J connectivity index is 1.50. The van der Waals surface area contributed by atoms with Gasteiger partial charge in [0.25, 0.3) is 0 Å². The van der Waals surface area contributed by atoms with Gasteiger partial charge in [-0.25, -0.2) is 4.31 Å². The van der Waals surface area contributed by atoms with E-state index in [0.717, 1.165) is 32.8 Å². The van der Waals surface area contributed by atoms with E-state index in [9.17, 15) is 0 Å². The molecular weight excluding hydrogens is 258 g/mol. The van der Waals surface area contributed by atoms with Crippen LogP contribution in [0.2, 0.25) is 0 Å². The van der Waals surface area contributed by atoms with Gasteiger partial charge in [-0.2, -0.15) is 0 Å². The fourth-order valence-corrected chi connectivity index (χ4v) is 3.94. The third kappa shape index (κ3) is 3.73. The molecule has 0 radical (unpaired) electrons. The van der Waals surface area contributed by atoms with Gasteiger partial charge in [-0.15, -0.1) is 0 Å². The van der Waals surface area contributed by atoms with Crippen LogP contribution in [0.15, 0.2) is 11.5 Å². The van der Waals surface area contributed by atoms with Crippen LogP contribution in [0.5, 0.6) is 0 Å². The van der Waals surface area contributed by atoms with Gasteiger partial charge in [-0.05, 0) is 31.2 Å². The van der Waals surface area contributed by atoms with Gasteiger partial charge in [-0.1, -0.05) is 18.0 Å². The second-order valence-electron chi connectivity index (χ2n) is 5.53. The lowest BCUT2D eigenvalue weighted by molar-refractivity contribution is -0.0478. The van der Waals surface area contributed by atoms with Crippen molar-refractivity contribution in [3.63, 3.8) is 0 Å². The van der Waals surface area contributed by atoms with E-state index in [2.05, 4.69) is 25.6 Å². The van der Waals surface area contributed by atoms with Crippen molar-refractivity contribution in [2.24, 2.45) is 0 Å². The van der Waals surface area contributed by atoms with E-state index < -0.39 is 0 Å². The monoisotopic (exact) mass is 283 g/mol. The zero-order valence-corrected chi connectivity index (χ0v) is 12.5. The van der Waals surface area contributed by atoms with Crippen LogP contribution in [-0.2, 0) is 4.74 Å². The van der Waals surface area contributed by atoms with E-state index in [4.69, 9.17) is 4.74 Å². The van der Waals surface area contributed by atoms with Gasteiger partial charge in [0.2, 0.25) is 0 Å². The molecule has 3 aliphatic rings. The highest BCUT2D eigenvalue weighted by molar-refractivity contribution is 8.00. The van der Waals surface area contributed by atoms with Crippen molar-refractivity contribution in [2.45, 2.75) is 25.4 Å². The molecule has 1 atom stereocenters. The summed E-state index contributed by atoms with van der Waals surface area (Å²) in [5.74, 6) is 0. The first-order valence-corrected chi connectivity index (χ1v) is 8.40. The molecular formula is C14H25N3OS. The first kappa shape index (κ1) is 13.9. The van der Waals surface area contributed by atoms with Crippen LogP contribution < -0.4 is 0 Å². The lowest BCUT2D eigenvalue weighted by Crippen LogP contribution is -2.55. The maximum absolute atomic E-state index is 5.49. The summed E-state index contributed by atoms with van der Waals surface area (Å²) in [4.78, 5) is 5.34. The highest BCUT2D eigenvalue weighted by Crippen LogP contribution is 2.23. The largest absolute Gasteiger partial charge is 0.379 e. The third-order valence-corrected chi connectivity index (χ3v) is 5.24. The highest BCUT2D eigenvalue weighted by atomic mass is 32.2. The van der Waals surface area contributed by atoms with Crippen molar-refractivity contribution in [2.75, 3.05) is 52.5 Å². The number of hydrogen-bond acceptors (Lipinski definition) is 5. The average molecular weight is 283 g/mol. The van der Waals surface area contributed by atoms with Gasteiger partial charge in [0.15, 0.2) is 0 Å². The fraction of sp³-hybridized carbons (Fsp3) is 0.857. The topological polar surface area (TPSA) is 19.0 Å². The van der Waals surface area contributed by atoms with Crippen LogP contribution in [0.1, 0.15) is 19.3 Å². The summed E-state index contributed by atoms with van der Waals surface area (Å²) in [5, 5.41) is 2.20. The fourth-order valence-electron chi connectivity index (χ4n) is 3.24. The molecule has 0 aromatic carbocycles. The molecule has 3 rings (SSSR count). The second kappa shape index (κ2) is 7.09. The first-order chi connectivity index (χ1) is 9.43. The van der Waals surface area contributed by atoms with Crippen LogP contribution in [0.25, 0.3) is 0 Å². The first-order valence-electron chi connectivity index (χ1n) is 7.56. The van der Waals surface area contributed by atoms with Crippen LogP contribution >= 0.6 is 11.9 Å². The lowest BCUT2D eigenvalue weighted by atomic mass is 10.1. The molecule has 19 heavy (non-hydrogen) atoms. The van der Waals surface area contributed by atoms with E-state index >= 15 is 0 Å². The molecule has 2 saturated heterocycles. The molecule has 108 valence electrons. The Morgan fingerprint density at radius 1 is 1.11 bits per heavy atom. The third-order valence-electron chi connectivity index (χ3n) is 4.30. The van der Waals surface area contributed by atoms with Crippen molar-refractivity contribution < 1.29 is 4.74 Å². The van der Waals surface area contributed by atoms with Crippen LogP contribution in [0.4, 0.5) is 0 Å². The number of hydrogen-bond donors (Lipinski definition) is 0. The van der Waals surface area contributed by atoms with Crippen molar-refractivity contribution >= 4 is 11.9 Å². The minimum absolute atomic E-state index is 0.665. The zero-order chi connectivity index (χ0) is 12.9. The molecule has 0 bridgehead atoms. The maximum atomic E-state index is 5.49. The Morgan fingerprint density at radius 2 is 2.00 bits per heavy atom. The Labute approximate surface area is 120 Å². The van der Waals surface area contributed by atoms with Crippen LogP contribution in [-0.4, -0.2) is 72.8 Å². The number of likely N-dealkylation sites (tertiary alicyclic amines) is 1. The Bertz CT molecular complexity index is 299. The molecule has 5 heteroatoms. The molecule has 0 N–H and O–H groups in total. The van der Waals surface area contributed by atoms with Crippen molar-refractivity contribution in [1.29, 1.82) is 0 Å². The minimum atomic E-state index is 0.665. The van der Waals surface area contributed by atoms with E-state index in [-0.39, 0.29) is 0 Å². The van der Waals surface area contributed by atoms with E-state index in [1.165, 1.54) is 38.9 Å². The van der Waals surface area contributed by atoms with E-state index in [0.29, 0.717) is 6.17 Å². The molecule has 0 aliphatic carbocycles. The molecule has 3 aliphatic heterocycles. The summed E-state index contributed by atoms with van der Waals surface area (Å²) in [6.45, 7) is 8.82. The Hall–Kier alpha value is -0.0700. The van der Waals surface area contributed by atoms with Crippen molar-refractivity contribution in [3.8, 4) is 0 Å². The van der Waals surface area contributed by atoms with Gasteiger partial charge in [0, 0.05) is 32.7 Å².